The highest BCUT2D eigenvalue weighted by Gasteiger charge is 2.17. The van der Waals surface area contributed by atoms with Crippen molar-refractivity contribution in [3.05, 3.63) is 23.2 Å². The van der Waals surface area contributed by atoms with Gasteiger partial charge in [-0.05, 0) is 43.6 Å². The summed E-state index contributed by atoms with van der Waals surface area (Å²) in [6.07, 6.45) is 5.51. The SMILES string of the molecule is S=c1oc(-c2ccco2)nn1C[NH+]1CCCCC1. The number of furan rings is 1. The van der Waals surface area contributed by atoms with Crippen LogP contribution in [0.3, 0.4) is 0 Å². The van der Waals surface area contributed by atoms with Crippen molar-refractivity contribution < 1.29 is 13.7 Å². The minimum atomic E-state index is 0.416. The van der Waals surface area contributed by atoms with Crippen molar-refractivity contribution in [1.29, 1.82) is 0 Å². The highest BCUT2D eigenvalue weighted by atomic mass is 32.1. The van der Waals surface area contributed by atoms with Crippen LogP contribution in [0.4, 0.5) is 0 Å². The van der Waals surface area contributed by atoms with Crippen LogP contribution in [0.25, 0.3) is 11.7 Å². The second-order valence-corrected chi connectivity index (χ2v) is 4.97. The van der Waals surface area contributed by atoms with Gasteiger partial charge in [0.1, 0.15) is 0 Å². The Labute approximate surface area is 110 Å². The minimum absolute atomic E-state index is 0.416. The quantitative estimate of drug-likeness (QED) is 0.855. The zero-order valence-electron chi connectivity index (χ0n) is 10.1. The van der Waals surface area contributed by atoms with Crippen LogP contribution in [-0.2, 0) is 6.67 Å². The molecule has 96 valence electrons. The smallest absolute Gasteiger partial charge is 0.292 e. The van der Waals surface area contributed by atoms with Crippen molar-refractivity contribution in [1.82, 2.24) is 9.78 Å². The van der Waals surface area contributed by atoms with E-state index in [2.05, 4.69) is 5.10 Å². The van der Waals surface area contributed by atoms with Crippen LogP contribution in [0.15, 0.2) is 27.2 Å². The number of aromatic nitrogens is 2. The maximum atomic E-state index is 5.46. The lowest BCUT2D eigenvalue weighted by atomic mass is 10.1. The molecule has 2 aromatic heterocycles. The van der Waals surface area contributed by atoms with Crippen molar-refractivity contribution in [3.8, 4) is 11.7 Å². The van der Waals surface area contributed by atoms with Crippen molar-refractivity contribution in [2.24, 2.45) is 0 Å². The van der Waals surface area contributed by atoms with E-state index in [1.807, 2.05) is 12.1 Å². The molecular weight excluding hydrogens is 250 g/mol. The van der Waals surface area contributed by atoms with Crippen LogP contribution >= 0.6 is 12.2 Å². The lowest BCUT2D eigenvalue weighted by molar-refractivity contribution is -0.928. The molecule has 1 saturated heterocycles. The first-order valence-corrected chi connectivity index (χ1v) is 6.69. The molecule has 3 rings (SSSR count). The van der Waals surface area contributed by atoms with E-state index in [4.69, 9.17) is 21.1 Å². The Morgan fingerprint density at radius 3 is 2.89 bits per heavy atom. The number of rotatable bonds is 3. The van der Waals surface area contributed by atoms with Gasteiger partial charge in [-0.25, -0.2) is 0 Å². The fourth-order valence-corrected chi connectivity index (χ4v) is 2.51. The van der Waals surface area contributed by atoms with Crippen LogP contribution in [0.1, 0.15) is 19.3 Å². The Bertz CT molecular complexity index is 552. The summed E-state index contributed by atoms with van der Waals surface area (Å²) in [5.74, 6) is 1.08. The second kappa shape index (κ2) is 5.07. The van der Waals surface area contributed by atoms with Crippen LogP contribution in [-0.4, -0.2) is 22.9 Å². The van der Waals surface area contributed by atoms with Gasteiger partial charge in [0.2, 0.25) is 0 Å². The molecule has 0 radical (unpaired) electrons. The Morgan fingerprint density at radius 2 is 2.17 bits per heavy atom. The lowest BCUT2D eigenvalue weighted by Crippen LogP contribution is -3.12. The predicted octanol–water partition coefficient (Wildman–Crippen LogP) is 1.49. The molecule has 1 N–H and O–H groups in total. The van der Waals surface area contributed by atoms with E-state index in [1.165, 1.54) is 37.3 Å². The zero-order valence-corrected chi connectivity index (χ0v) is 10.9. The van der Waals surface area contributed by atoms with E-state index in [0.29, 0.717) is 16.5 Å². The van der Waals surface area contributed by atoms with Crippen molar-refractivity contribution in [3.63, 3.8) is 0 Å². The molecule has 18 heavy (non-hydrogen) atoms. The Hall–Kier alpha value is -1.40. The fraction of sp³-hybridized carbons (Fsp3) is 0.500. The monoisotopic (exact) mass is 266 g/mol. The number of quaternary nitrogens is 1. The largest absolute Gasteiger partial charge is 0.459 e. The molecule has 6 heteroatoms. The van der Waals surface area contributed by atoms with E-state index < -0.39 is 0 Å². The first kappa shape index (κ1) is 11.7. The van der Waals surface area contributed by atoms with Gasteiger partial charge in [0, 0.05) is 0 Å². The maximum Gasteiger partial charge on any atom is 0.292 e. The molecule has 1 aliphatic heterocycles. The van der Waals surface area contributed by atoms with Gasteiger partial charge in [0.05, 0.1) is 19.4 Å². The van der Waals surface area contributed by atoms with Crippen LogP contribution in [0.5, 0.6) is 0 Å². The van der Waals surface area contributed by atoms with E-state index in [-0.39, 0.29) is 0 Å². The van der Waals surface area contributed by atoms with Crippen molar-refractivity contribution >= 4 is 12.2 Å². The second-order valence-electron chi connectivity index (χ2n) is 4.62. The van der Waals surface area contributed by atoms with Crippen LogP contribution < -0.4 is 4.90 Å². The highest BCUT2D eigenvalue weighted by molar-refractivity contribution is 7.71. The first-order valence-electron chi connectivity index (χ1n) is 6.28. The molecule has 1 fully saturated rings. The van der Waals surface area contributed by atoms with E-state index in [0.717, 1.165) is 6.67 Å². The normalized spacial score (nSPS) is 17.1. The molecular formula is C12H16N3O2S+. The van der Waals surface area contributed by atoms with Crippen LogP contribution in [0, 0.1) is 4.84 Å². The van der Waals surface area contributed by atoms with Crippen molar-refractivity contribution in [2.75, 3.05) is 13.1 Å². The number of hydrogen-bond acceptors (Lipinski definition) is 4. The zero-order chi connectivity index (χ0) is 12.4. The molecule has 1 aliphatic rings. The Kier molecular flexibility index (Phi) is 3.29. The highest BCUT2D eigenvalue weighted by Crippen LogP contribution is 2.17. The molecule has 5 nitrogen and oxygen atoms in total. The third-order valence-corrected chi connectivity index (χ3v) is 3.57. The van der Waals surface area contributed by atoms with Crippen molar-refractivity contribution in [2.45, 2.75) is 25.9 Å². The topological polar surface area (TPSA) is 48.5 Å². The number of piperidine rings is 1. The summed E-state index contributed by atoms with van der Waals surface area (Å²) in [7, 11) is 0. The molecule has 2 aromatic rings. The third kappa shape index (κ3) is 2.39. The molecule has 0 bridgehead atoms. The molecule has 0 atom stereocenters. The molecule has 0 amide bonds. The molecule has 0 saturated carbocycles. The van der Waals surface area contributed by atoms with Gasteiger partial charge in [-0.3, -0.25) is 0 Å². The third-order valence-electron chi connectivity index (χ3n) is 3.27. The maximum absolute atomic E-state index is 5.46. The number of nitrogens with zero attached hydrogens (tertiary/aromatic N) is 2. The van der Waals surface area contributed by atoms with Gasteiger partial charge in [-0.2, -0.15) is 4.68 Å². The summed E-state index contributed by atoms with van der Waals surface area (Å²) in [4.78, 5) is 1.93. The van der Waals surface area contributed by atoms with E-state index in [9.17, 15) is 0 Å². The molecule has 0 aromatic carbocycles. The van der Waals surface area contributed by atoms with Gasteiger partial charge in [0.25, 0.3) is 10.7 Å². The summed E-state index contributed by atoms with van der Waals surface area (Å²) in [5.41, 5.74) is 0. The van der Waals surface area contributed by atoms with Gasteiger partial charge in [-0.15, -0.1) is 5.10 Å². The summed E-state index contributed by atoms with van der Waals surface area (Å²) < 4.78 is 12.5. The Morgan fingerprint density at radius 1 is 1.33 bits per heavy atom. The number of likely N-dealkylation sites (tertiary alicyclic amines) is 1. The summed E-state index contributed by atoms with van der Waals surface area (Å²) in [6, 6.07) is 3.63. The molecule has 0 aliphatic carbocycles. The average Bonchev–Trinajstić information content (AvgIpc) is 3.01. The first-order chi connectivity index (χ1) is 8.83. The fourth-order valence-electron chi connectivity index (χ4n) is 2.33. The number of hydrogen-bond donors (Lipinski definition) is 1. The van der Waals surface area contributed by atoms with Gasteiger partial charge < -0.3 is 13.7 Å². The average molecular weight is 266 g/mol. The summed E-state index contributed by atoms with van der Waals surface area (Å²) >= 11 is 5.19. The standard InChI is InChI=1S/C12H15N3O2S/c18-12-15(9-14-6-2-1-3-7-14)13-11(17-12)10-5-4-8-16-10/h4-5,8H,1-3,6-7,9H2/p+1. The lowest BCUT2D eigenvalue weighted by Gasteiger charge is -2.22. The summed E-state index contributed by atoms with van der Waals surface area (Å²) in [5, 5.41) is 4.38. The molecule has 3 heterocycles. The summed E-state index contributed by atoms with van der Waals surface area (Å²) in [6.45, 7) is 3.15. The minimum Gasteiger partial charge on any atom is -0.459 e. The van der Waals surface area contributed by atoms with Gasteiger partial charge in [-0.1, -0.05) is 0 Å². The van der Waals surface area contributed by atoms with Gasteiger partial charge >= 0.3 is 0 Å². The number of nitrogens with one attached hydrogen (secondary N) is 1. The van der Waals surface area contributed by atoms with Gasteiger partial charge in [0.15, 0.2) is 12.4 Å². The molecule has 0 spiro atoms. The van der Waals surface area contributed by atoms with Crippen LogP contribution in [0.2, 0.25) is 0 Å². The predicted molar refractivity (Wildman–Crippen MR) is 67.6 cm³/mol. The molecule has 0 unspecified atom stereocenters. The van der Waals surface area contributed by atoms with E-state index >= 15 is 0 Å². The van der Waals surface area contributed by atoms with E-state index in [1.54, 1.807) is 10.9 Å². The Balaban J connectivity index is 1.78.